The predicted octanol–water partition coefficient (Wildman–Crippen LogP) is 4.40. The van der Waals surface area contributed by atoms with Gasteiger partial charge >= 0.3 is 0 Å². The Hall–Kier alpha value is -1.23. The van der Waals surface area contributed by atoms with Gasteiger partial charge in [0.05, 0.1) is 23.2 Å². The van der Waals surface area contributed by atoms with Gasteiger partial charge in [0.2, 0.25) is 0 Å². The molecule has 0 aliphatic carbocycles. The molecule has 0 heterocycles. The third kappa shape index (κ3) is 3.41. The van der Waals surface area contributed by atoms with Crippen LogP contribution < -0.4 is 9.47 Å². The molecule has 0 amide bonds. The molecule has 19 heavy (non-hydrogen) atoms. The van der Waals surface area contributed by atoms with E-state index in [0.29, 0.717) is 16.5 Å². The first-order chi connectivity index (χ1) is 9.13. The fourth-order valence-electron chi connectivity index (χ4n) is 1.54. The molecule has 0 atom stereocenters. The number of rotatable bonds is 4. The summed E-state index contributed by atoms with van der Waals surface area (Å²) < 4.78 is 11.6. The molecule has 0 spiro atoms. The smallest absolute Gasteiger partial charge is 0.146 e. The van der Waals surface area contributed by atoms with Crippen molar-refractivity contribution in [2.45, 2.75) is 6.61 Å². The summed E-state index contributed by atoms with van der Waals surface area (Å²) in [5.41, 5.74) is 0.742. The van der Waals surface area contributed by atoms with Crippen molar-refractivity contribution in [3.05, 3.63) is 51.5 Å². The molecule has 0 fully saturated rings. The quantitative estimate of drug-likeness (QED) is 0.894. The summed E-state index contributed by atoms with van der Waals surface area (Å²) in [5, 5.41) is 9.48. The molecule has 1 N–H and O–H groups in total. The van der Waals surface area contributed by atoms with E-state index in [1.165, 1.54) is 0 Å². The Balaban J connectivity index is 2.26. The maximum absolute atomic E-state index is 9.02. The van der Waals surface area contributed by atoms with E-state index in [1.807, 2.05) is 6.07 Å². The highest BCUT2D eigenvalue weighted by molar-refractivity contribution is 9.10. The van der Waals surface area contributed by atoms with Gasteiger partial charge < -0.3 is 14.6 Å². The van der Waals surface area contributed by atoms with Gasteiger partial charge in [-0.1, -0.05) is 17.7 Å². The first-order valence-corrected chi connectivity index (χ1v) is 6.72. The Kier molecular flexibility index (Phi) is 4.69. The molecule has 0 saturated heterocycles. The average molecular weight is 344 g/mol. The second-order valence-corrected chi connectivity index (χ2v) is 5.08. The lowest BCUT2D eigenvalue weighted by atomic mass is 10.2. The molecule has 2 aromatic rings. The average Bonchev–Trinajstić information content (AvgIpc) is 2.42. The molecule has 2 rings (SSSR count). The normalized spacial score (nSPS) is 10.3. The van der Waals surface area contributed by atoms with E-state index in [-0.39, 0.29) is 6.61 Å². The molecule has 0 aliphatic heterocycles. The van der Waals surface area contributed by atoms with Gasteiger partial charge in [0.25, 0.3) is 0 Å². The highest BCUT2D eigenvalue weighted by atomic mass is 79.9. The summed E-state index contributed by atoms with van der Waals surface area (Å²) in [6, 6.07) is 10.6. The van der Waals surface area contributed by atoms with Crippen LogP contribution >= 0.6 is 27.5 Å². The number of hydrogen-bond acceptors (Lipinski definition) is 3. The number of benzene rings is 2. The van der Waals surface area contributed by atoms with E-state index in [1.54, 1.807) is 37.4 Å². The summed E-state index contributed by atoms with van der Waals surface area (Å²) in [4.78, 5) is 0. The fraction of sp³-hybridized carbons (Fsp3) is 0.143. The minimum absolute atomic E-state index is 0.0494. The van der Waals surface area contributed by atoms with E-state index in [9.17, 15) is 0 Å². The SMILES string of the molecule is COc1ccc(Oc2ccc(CO)cc2Cl)c(Br)c1. The number of aliphatic hydroxyl groups excluding tert-OH is 1. The molecule has 0 unspecified atom stereocenters. The van der Waals surface area contributed by atoms with E-state index in [4.69, 9.17) is 26.2 Å². The van der Waals surface area contributed by atoms with E-state index in [2.05, 4.69) is 15.9 Å². The first-order valence-electron chi connectivity index (χ1n) is 5.54. The summed E-state index contributed by atoms with van der Waals surface area (Å²) in [5.74, 6) is 1.91. The van der Waals surface area contributed by atoms with Gasteiger partial charge in [-0.05, 0) is 51.8 Å². The molecular weight excluding hydrogens is 332 g/mol. The Morgan fingerprint density at radius 2 is 1.89 bits per heavy atom. The zero-order valence-corrected chi connectivity index (χ0v) is 12.5. The second-order valence-electron chi connectivity index (χ2n) is 3.82. The lowest BCUT2D eigenvalue weighted by Gasteiger charge is -2.11. The van der Waals surface area contributed by atoms with Crippen molar-refractivity contribution < 1.29 is 14.6 Å². The second kappa shape index (κ2) is 6.28. The number of methoxy groups -OCH3 is 1. The van der Waals surface area contributed by atoms with Crippen LogP contribution in [0.5, 0.6) is 17.2 Å². The van der Waals surface area contributed by atoms with Crippen LogP contribution in [0.15, 0.2) is 40.9 Å². The van der Waals surface area contributed by atoms with Crippen LogP contribution in [0.1, 0.15) is 5.56 Å². The maximum Gasteiger partial charge on any atom is 0.146 e. The minimum Gasteiger partial charge on any atom is -0.497 e. The monoisotopic (exact) mass is 342 g/mol. The van der Waals surface area contributed by atoms with Crippen molar-refractivity contribution in [3.63, 3.8) is 0 Å². The lowest BCUT2D eigenvalue weighted by Crippen LogP contribution is -1.90. The molecule has 0 radical (unpaired) electrons. The van der Waals surface area contributed by atoms with Crippen LogP contribution in [0.4, 0.5) is 0 Å². The Labute approximate surface area is 124 Å². The Morgan fingerprint density at radius 1 is 1.16 bits per heavy atom. The summed E-state index contributed by atoms with van der Waals surface area (Å²) >= 11 is 9.50. The largest absolute Gasteiger partial charge is 0.497 e. The molecule has 0 aromatic heterocycles. The summed E-state index contributed by atoms with van der Waals surface area (Å²) in [6.07, 6.45) is 0. The van der Waals surface area contributed by atoms with Crippen molar-refractivity contribution in [3.8, 4) is 17.2 Å². The Bertz CT molecular complexity index is 535. The number of hydrogen-bond donors (Lipinski definition) is 1. The van der Waals surface area contributed by atoms with Gasteiger partial charge in [0.1, 0.15) is 17.2 Å². The molecule has 0 bridgehead atoms. The van der Waals surface area contributed by atoms with Crippen LogP contribution in [0, 0.1) is 0 Å². The zero-order chi connectivity index (χ0) is 13.8. The van der Waals surface area contributed by atoms with Crippen molar-refractivity contribution in [1.82, 2.24) is 0 Å². The van der Waals surface area contributed by atoms with Gasteiger partial charge in [0.15, 0.2) is 0 Å². The van der Waals surface area contributed by atoms with Crippen LogP contribution in [0.25, 0.3) is 0 Å². The molecule has 5 heteroatoms. The third-order valence-corrected chi connectivity index (χ3v) is 3.45. The summed E-state index contributed by atoms with van der Waals surface area (Å²) in [7, 11) is 1.60. The van der Waals surface area contributed by atoms with Gasteiger partial charge in [-0.15, -0.1) is 0 Å². The zero-order valence-electron chi connectivity index (χ0n) is 10.2. The molecule has 100 valence electrons. The van der Waals surface area contributed by atoms with E-state index in [0.717, 1.165) is 15.8 Å². The molecule has 0 aliphatic rings. The number of ether oxygens (including phenoxy) is 2. The summed E-state index contributed by atoms with van der Waals surface area (Å²) in [6.45, 7) is -0.0494. The first kappa shape index (κ1) is 14.2. The molecular formula is C14H12BrClO3. The van der Waals surface area contributed by atoms with Gasteiger partial charge in [-0.25, -0.2) is 0 Å². The van der Waals surface area contributed by atoms with E-state index < -0.39 is 0 Å². The number of aliphatic hydroxyl groups is 1. The van der Waals surface area contributed by atoms with Crippen LogP contribution in [-0.4, -0.2) is 12.2 Å². The lowest BCUT2D eigenvalue weighted by molar-refractivity contribution is 0.281. The molecule has 3 nitrogen and oxygen atoms in total. The fourth-order valence-corrected chi connectivity index (χ4v) is 2.22. The van der Waals surface area contributed by atoms with Crippen molar-refractivity contribution >= 4 is 27.5 Å². The maximum atomic E-state index is 9.02. The van der Waals surface area contributed by atoms with Crippen molar-refractivity contribution in [2.75, 3.05) is 7.11 Å². The van der Waals surface area contributed by atoms with Gasteiger partial charge in [-0.2, -0.15) is 0 Å². The number of halogens is 2. The van der Waals surface area contributed by atoms with Crippen molar-refractivity contribution in [2.24, 2.45) is 0 Å². The van der Waals surface area contributed by atoms with E-state index >= 15 is 0 Å². The highest BCUT2D eigenvalue weighted by Gasteiger charge is 2.08. The third-order valence-electron chi connectivity index (χ3n) is 2.54. The Morgan fingerprint density at radius 3 is 2.47 bits per heavy atom. The van der Waals surface area contributed by atoms with Gasteiger partial charge in [0, 0.05) is 0 Å². The van der Waals surface area contributed by atoms with Crippen LogP contribution in [0.3, 0.4) is 0 Å². The van der Waals surface area contributed by atoms with Gasteiger partial charge in [-0.3, -0.25) is 0 Å². The topological polar surface area (TPSA) is 38.7 Å². The molecule has 2 aromatic carbocycles. The predicted molar refractivity (Wildman–Crippen MR) is 78.1 cm³/mol. The molecule has 0 saturated carbocycles. The van der Waals surface area contributed by atoms with Crippen LogP contribution in [0.2, 0.25) is 5.02 Å². The minimum atomic E-state index is -0.0494. The van der Waals surface area contributed by atoms with Crippen LogP contribution in [-0.2, 0) is 6.61 Å². The van der Waals surface area contributed by atoms with Crippen molar-refractivity contribution in [1.29, 1.82) is 0 Å². The highest BCUT2D eigenvalue weighted by Crippen LogP contribution is 2.35. The standard InChI is InChI=1S/C14H12BrClO3/c1-18-10-3-5-13(11(15)7-10)19-14-4-2-9(8-17)6-12(14)16/h2-7,17H,8H2,1H3.